The van der Waals surface area contributed by atoms with Gasteiger partial charge in [0, 0.05) is 0 Å². The van der Waals surface area contributed by atoms with Gasteiger partial charge in [0.1, 0.15) is 23.2 Å². The molecule has 0 saturated heterocycles. The van der Waals surface area contributed by atoms with Gasteiger partial charge < -0.3 is 4.74 Å². The number of rotatable bonds is 3. The number of ketones is 1. The maximum atomic E-state index is 13.2. The van der Waals surface area contributed by atoms with Crippen molar-refractivity contribution in [3.05, 3.63) is 29.1 Å². The first-order valence-electron chi connectivity index (χ1n) is 4.15. The second kappa shape index (κ2) is 4.66. The molecule has 1 aromatic rings. The summed E-state index contributed by atoms with van der Waals surface area (Å²) in [6, 6.07) is 3.15. The molecule has 0 N–H and O–H groups in total. The number of Topliss-reactive ketones (excluding diaryl/α,β-unsaturated/α-hetero) is 1. The van der Waals surface area contributed by atoms with Crippen LogP contribution in [0.15, 0.2) is 12.1 Å². The molecule has 0 unspecified atom stereocenters. The standard InChI is InChI=1S/C10H6F3NO2/c1-5(15)9-6(4-14)8(16-10(12)13)3-2-7(9)11/h2-3,10H,1H3. The van der Waals surface area contributed by atoms with E-state index in [9.17, 15) is 18.0 Å². The summed E-state index contributed by atoms with van der Waals surface area (Å²) in [5.41, 5.74) is -1.06. The number of carbonyl (C=O) groups is 1. The molecule has 0 aliphatic rings. The van der Waals surface area contributed by atoms with Crippen molar-refractivity contribution in [1.82, 2.24) is 0 Å². The van der Waals surface area contributed by atoms with Crippen molar-refractivity contribution in [3.8, 4) is 11.8 Å². The summed E-state index contributed by atoms with van der Waals surface area (Å²) in [5, 5.41) is 8.69. The molecule has 0 bridgehead atoms. The van der Waals surface area contributed by atoms with Gasteiger partial charge in [-0.05, 0) is 19.1 Å². The van der Waals surface area contributed by atoms with Crippen LogP contribution in [-0.4, -0.2) is 12.4 Å². The zero-order valence-corrected chi connectivity index (χ0v) is 8.13. The molecule has 0 amide bonds. The molecule has 1 rings (SSSR count). The number of carbonyl (C=O) groups excluding carboxylic acids is 1. The molecule has 0 atom stereocenters. The summed E-state index contributed by atoms with van der Waals surface area (Å²) in [4.78, 5) is 11.0. The summed E-state index contributed by atoms with van der Waals surface area (Å²) in [6.07, 6.45) is 0. The van der Waals surface area contributed by atoms with Gasteiger partial charge in [-0.1, -0.05) is 0 Å². The van der Waals surface area contributed by atoms with E-state index in [2.05, 4.69) is 4.74 Å². The van der Waals surface area contributed by atoms with E-state index in [-0.39, 0.29) is 0 Å². The molecule has 0 radical (unpaired) electrons. The second-order valence-corrected chi connectivity index (χ2v) is 2.84. The quantitative estimate of drug-likeness (QED) is 0.748. The van der Waals surface area contributed by atoms with E-state index in [4.69, 9.17) is 5.26 Å². The molecule has 0 aliphatic heterocycles. The number of hydrogen-bond acceptors (Lipinski definition) is 3. The van der Waals surface area contributed by atoms with Crippen LogP contribution in [0.2, 0.25) is 0 Å². The van der Waals surface area contributed by atoms with Crippen molar-refractivity contribution in [2.24, 2.45) is 0 Å². The predicted molar refractivity (Wildman–Crippen MR) is 47.8 cm³/mol. The molecule has 0 aliphatic carbocycles. The third-order valence-corrected chi connectivity index (χ3v) is 1.80. The Labute approximate surface area is 89.1 Å². The monoisotopic (exact) mass is 229 g/mol. The molecule has 84 valence electrons. The van der Waals surface area contributed by atoms with Gasteiger partial charge >= 0.3 is 6.61 Å². The first-order chi connectivity index (χ1) is 7.47. The summed E-state index contributed by atoms with van der Waals surface area (Å²) < 4.78 is 41.1. The zero-order valence-electron chi connectivity index (χ0n) is 8.13. The largest absolute Gasteiger partial charge is 0.433 e. The lowest BCUT2D eigenvalue weighted by Crippen LogP contribution is -2.08. The lowest BCUT2D eigenvalue weighted by Gasteiger charge is -2.09. The molecule has 16 heavy (non-hydrogen) atoms. The molecule has 0 saturated carbocycles. The Kier molecular flexibility index (Phi) is 3.51. The summed E-state index contributed by atoms with van der Waals surface area (Å²) in [6.45, 7) is -2.11. The van der Waals surface area contributed by atoms with Crippen molar-refractivity contribution in [3.63, 3.8) is 0 Å². The van der Waals surface area contributed by atoms with Crippen LogP contribution < -0.4 is 4.74 Å². The van der Waals surface area contributed by atoms with Crippen LogP contribution in [0.5, 0.6) is 5.75 Å². The van der Waals surface area contributed by atoms with Gasteiger partial charge in [-0.3, -0.25) is 4.79 Å². The minimum absolute atomic E-state index is 0.510. The number of alkyl halides is 2. The lowest BCUT2D eigenvalue weighted by molar-refractivity contribution is -0.0501. The van der Waals surface area contributed by atoms with Gasteiger partial charge in [-0.15, -0.1) is 0 Å². The number of ether oxygens (including phenoxy) is 1. The normalized spacial score (nSPS) is 10.0. The molecule has 0 spiro atoms. The molecule has 0 heterocycles. The SMILES string of the molecule is CC(=O)c1c(F)ccc(OC(F)F)c1C#N. The van der Waals surface area contributed by atoms with E-state index in [1.54, 1.807) is 0 Å². The highest BCUT2D eigenvalue weighted by atomic mass is 19.3. The Balaban J connectivity index is 3.38. The van der Waals surface area contributed by atoms with Crippen molar-refractivity contribution in [2.75, 3.05) is 0 Å². The van der Waals surface area contributed by atoms with Gasteiger partial charge in [0.05, 0.1) is 5.56 Å². The van der Waals surface area contributed by atoms with Crippen molar-refractivity contribution >= 4 is 5.78 Å². The Morgan fingerprint density at radius 1 is 1.50 bits per heavy atom. The molecular weight excluding hydrogens is 223 g/mol. The van der Waals surface area contributed by atoms with E-state index in [1.165, 1.54) is 6.07 Å². The van der Waals surface area contributed by atoms with E-state index >= 15 is 0 Å². The van der Waals surface area contributed by atoms with Gasteiger partial charge in [-0.2, -0.15) is 14.0 Å². The highest BCUT2D eigenvalue weighted by Crippen LogP contribution is 2.26. The van der Waals surface area contributed by atoms with Crippen molar-refractivity contribution in [1.29, 1.82) is 5.26 Å². The van der Waals surface area contributed by atoms with Gasteiger partial charge in [-0.25, -0.2) is 4.39 Å². The maximum absolute atomic E-state index is 13.2. The molecule has 6 heteroatoms. The molecule has 0 aromatic heterocycles. The van der Waals surface area contributed by atoms with Crippen LogP contribution in [0.1, 0.15) is 22.8 Å². The third-order valence-electron chi connectivity index (χ3n) is 1.80. The van der Waals surface area contributed by atoms with Crippen LogP contribution >= 0.6 is 0 Å². The van der Waals surface area contributed by atoms with Crippen molar-refractivity contribution < 1.29 is 22.7 Å². The van der Waals surface area contributed by atoms with E-state index in [1.807, 2.05) is 0 Å². The third kappa shape index (κ3) is 2.31. The zero-order chi connectivity index (χ0) is 12.3. The number of halogens is 3. The van der Waals surface area contributed by atoms with E-state index < -0.39 is 35.1 Å². The fourth-order valence-corrected chi connectivity index (χ4v) is 1.21. The Hall–Kier alpha value is -2.03. The fraction of sp³-hybridized carbons (Fsp3) is 0.200. The minimum atomic E-state index is -3.14. The predicted octanol–water partition coefficient (Wildman–Crippen LogP) is 2.50. The molecule has 0 fully saturated rings. The number of nitrogens with zero attached hydrogens (tertiary/aromatic N) is 1. The number of nitriles is 1. The second-order valence-electron chi connectivity index (χ2n) is 2.84. The van der Waals surface area contributed by atoms with Crippen LogP contribution in [0.25, 0.3) is 0 Å². The van der Waals surface area contributed by atoms with E-state index in [0.29, 0.717) is 0 Å². The van der Waals surface area contributed by atoms with E-state index in [0.717, 1.165) is 19.1 Å². The van der Waals surface area contributed by atoms with Crippen LogP contribution in [0.3, 0.4) is 0 Å². The molecular formula is C10H6F3NO2. The Morgan fingerprint density at radius 2 is 2.12 bits per heavy atom. The molecule has 1 aromatic carbocycles. The fourth-order valence-electron chi connectivity index (χ4n) is 1.21. The lowest BCUT2D eigenvalue weighted by atomic mass is 10.0. The molecule has 3 nitrogen and oxygen atoms in total. The topological polar surface area (TPSA) is 50.1 Å². The number of benzene rings is 1. The maximum Gasteiger partial charge on any atom is 0.387 e. The van der Waals surface area contributed by atoms with Gasteiger partial charge in [0.15, 0.2) is 5.78 Å². The average molecular weight is 229 g/mol. The first-order valence-corrected chi connectivity index (χ1v) is 4.15. The van der Waals surface area contributed by atoms with Crippen LogP contribution in [0.4, 0.5) is 13.2 Å². The summed E-state index contributed by atoms with van der Waals surface area (Å²) in [7, 11) is 0. The van der Waals surface area contributed by atoms with Gasteiger partial charge in [0.2, 0.25) is 0 Å². The first kappa shape index (κ1) is 12.0. The van der Waals surface area contributed by atoms with Crippen molar-refractivity contribution in [2.45, 2.75) is 13.5 Å². The highest BCUT2D eigenvalue weighted by Gasteiger charge is 2.19. The number of hydrogen-bond donors (Lipinski definition) is 0. The Morgan fingerprint density at radius 3 is 2.56 bits per heavy atom. The summed E-state index contributed by atoms with van der Waals surface area (Å²) in [5.74, 6) is -2.18. The smallest absolute Gasteiger partial charge is 0.387 e. The average Bonchev–Trinajstić information content (AvgIpc) is 2.18. The highest BCUT2D eigenvalue weighted by molar-refractivity contribution is 5.97. The van der Waals surface area contributed by atoms with Gasteiger partial charge in [0.25, 0.3) is 0 Å². The Bertz CT molecular complexity index is 466. The van der Waals surface area contributed by atoms with Crippen LogP contribution in [0, 0.1) is 17.1 Å². The minimum Gasteiger partial charge on any atom is -0.433 e. The summed E-state index contributed by atoms with van der Waals surface area (Å²) >= 11 is 0. The van der Waals surface area contributed by atoms with Crippen LogP contribution in [-0.2, 0) is 0 Å².